The zero-order valence-corrected chi connectivity index (χ0v) is 12.1. The van der Waals surface area contributed by atoms with Crippen LogP contribution in [-0.4, -0.2) is 24.9 Å². The summed E-state index contributed by atoms with van der Waals surface area (Å²) >= 11 is 0. The van der Waals surface area contributed by atoms with Crippen molar-refractivity contribution in [1.29, 1.82) is 0 Å². The highest BCUT2D eigenvalue weighted by atomic mass is 16.5. The molecular weight excluding hydrogens is 282 g/mol. The minimum absolute atomic E-state index is 0.0802. The van der Waals surface area contributed by atoms with Gasteiger partial charge >= 0.3 is 12.1 Å². The predicted molar refractivity (Wildman–Crippen MR) is 81.6 cm³/mol. The minimum atomic E-state index is -0.851. The predicted octanol–water partition coefficient (Wildman–Crippen LogP) is 2.99. The van der Waals surface area contributed by atoms with E-state index in [-0.39, 0.29) is 12.3 Å². The number of carbonyl (C=O) groups excluding carboxylic acids is 2. The molecule has 0 aromatic heterocycles. The van der Waals surface area contributed by atoms with Crippen molar-refractivity contribution in [3.05, 3.63) is 71.8 Å². The number of carbonyl (C=O) groups is 2. The van der Waals surface area contributed by atoms with Gasteiger partial charge in [-0.05, 0) is 5.56 Å². The molecular formula is C17H15NO4. The smallest absolute Gasteiger partial charge is 0.434 e. The summed E-state index contributed by atoms with van der Waals surface area (Å²) in [5, 5.41) is 0. The van der Waals surface area contributed by atoms with Crippen LogP contribution in [-0.2, 0) is 20.9 Å². The van der Waals surface area contributed by atoms with Gasteiger partial charge in [-0.1, -0.05) is 60.7 Å². The molecule has 0 radical (unpaired) electrons. The number of methoxy groups -OCH3 is 1. The Morgan fingerprint density at radius 2 is 1.55 bits per heavy atom. The number of rotatable bonds is 4. The third-order valence-corrected chi connectivity index (χ3v) is 2.83. The molecule has 0 spiro atoms. The van der Waals surface area contributed by atoms with Crippen LogP contribution in [0.3, 0.4) is 0 Å². The van der Waals surface area contributed by atoms with Crippen molar-refractivity contribution in [3.63, 3.8) is 0 Å². The van der Waals surface area contributed by atoms with Crippen molar-refractivity contribution < 1.29 is 19.1 Å². The van der Waals surface area contributed by atoms with E-state index in [1.54, 1.807) is 30.3 Å². The molecule has 5 heteroatoms. The zero-order chi connectivity index (χ0) is 15.8. The van der Waals surface area contributed by atoms with Gasteiger partial charge in [0.15, 0.2) is 5.71 Å². The van der Waals surface area contributed by atoms with Crippen molar-refractivity contribution >= 4 is 17.8 Å². The molecule has 0 aliphatic heterocycles. The number of ether oxygens (including phenoxy) is 2. The largest absolute Gasteiger partial charge is 0.456 e. The van der Waals surface area contributed by atoms with Crippen LogP contribution < -0.4 is 0 Å². The Morgan fingerprint density at radius 3 is 2.14 bits per heavy atom. The Morgan fingerprint density at radius 1 is 0.955 bits per heavy atom. The summed E-state index contributed by atoms with van der Waals surface area (Å²) in [6.45, 7) is 0.104. The monoisotopic (exact) mass is 297 g/mol. The van der Waals surface area contributed by atoms with Gasteiger partial charge in [0.2, 0.25) is 0 Å². The second kappa shape index (κ2) is 7.73. The van der Waals surface area contributed by atoms with Gasteiger partial charge in [-0.2, -0.15) is 4.99 Å². The maximum atomic E-state index is 12.2. The molecule has 0 unspecified atom stereocenters. The Balaban J connectivity index is 2.16. The van der Waals surface area contributed by atoms with Gasteiger partial charge < -0.3 is 9.47 Å². The first kappa shape index (κ1) is 15.4. The fraction of sp³-hybridized carbons (Fsp3) is 0.118. The van der Waals surface area contributed by atoms with Gasteiger partial charge in [0, 0.05) is 5.56 Å². The van der Waals surface area contributed by atoms with Gasteiger partial charge in [0.05, 0.1) is 7.11 Å². The van der Waals surface area contributed by atoms with Gasteiger partial charge in [-0.25, -0.2) is 9.59 Å². The molecule has 0 atom stereocenters. The molecule has 112 valence electrons. The summed E-state index contributed by atoms with van der Waals surface area (Å²) in [5.74, 6) is -0.680. The lowest BCUT2D eigenvalue weighted by Gasteiger charge is -2.07. The molecule has 5 nitrogen and oxygen atoms in total. The van der Waals surface area contributed by atoms with Crippen LogP contribution in [0, 0.1) is 0 Å². The fourth-order valence-electron chi connectivity index (χ4n) is 1.75. The van der Waals surface area contributed by atoms with E-state index in [1.165, 1.54) is 7.11 Å². The average Bonchev–Trinajstić information content (AvgIpc) is 2.59. The topological polar surface area (TPSA) is 65.0 Å². The molecule has 2 aromatic rings. The van der Waals surface area contributed by atoms with Crippen molar-refractivity contribution in [2.24, 2.45) is 4.99 Å². The van der Waals surface area contributed by atoms with Gasteiger partial charge in [0.1, 0.15) is 6.61 Å². The molecule has 0 N–H and O–H groups in total. The van der Waals surface area contributed by atoms with Crippen molar-refractivity contribution in [1.82, 2.24) is 0 Å². The number of aliphatic imine (C=N–C) groups is 1. The van der Waals surface area contributed by atoms with Crippen LogP contribution in [0.15, 0.2) is 65.7 Å². The van der Waals surface area contributed by atoms with E-state index in [0.29, 0.717) is 5.56 Å². The molecule has 0 bridgehead atoms. The summed E-state index contributed by atoms with van der Waals surface area (Å²) < 4.78 is 9.69. The van der Waals surface area contributed by atoms with Gasteiger partial charge in [-0.3, -0.25) is 0 Å². The van der Waals surface area contributed by atoms with Crippen LogP contribution in [0.5, 0.6) is 0 Å². The molecule has 1 amide bonds. The highest BCUT2D eigenvalue weighted by molar-refractivity contribution is 6.44. The first-order valence-corrected chi connectivity index (χ1v) is 6.64. The molecule has 2 rings (SSSR count). The molecule has 2 aromatic carbocycles. The number of hydrogen-bond donors (Lipinski definition) is 0. The quantitative estimate of drug-likeness (QED) is 0.643. The molecule has 0 aliphatic carbocycles. The Bertz CT molecular complexity index is 666. The second-order valence-corrected chi connectivity index (χ2v) is 4.36. The Hall–Kier alpha value is -2.95. The summed E-state index contributed by atoms with van der Waals surface area (Å²) in [6, 6.07) is 17.9. The molecule has 0 heterocycles. The van der Waals surface area contributed by atoms with Crippen LogP contribution in [0.4, 0.5) is 4.79 Å². The van der Waals surface area contributed by atoms with Gasteiger partial charge in [0.25, 0.3) is 0 Å². The SMILES string of the molecule is COC(=O)/N=C(/C(=O)OCc1ccccc1)c1ccccc1. The van der Waals surface area contributed by atoms with E-state index in [1.807, 2.05) is 30.3 Å². The minimum Gasteiger partial charge on any atom is -0.456 e. The van der Waals surface area contributed by atoms with Crippen LogP contribution in [0.2, 0.25) is 0 Å². The first-order valence-electron chi connectivity index (χ1n) is 6.64. The van der Waals surface area contributed by atoms with Crippen LogP contribution >= 0.6 is 0 Å². The maximum absolute atomic E-state index is 12.2. The molecule has 0 fully saturated rings. The lowest BCUT2D eigenvalue weighted by molar-refractivity contribution is -0.136. The summed E-state index contributed by atoms with van der Waals surface area (Å²) in [6.07, 6.45) is -0.851. The Labute approximate surface area is 128 Å². The lowest BCUT2D eigenvalue weighted by atomic mass is 10.1. The standard InChI is InChI=1S/C17H15NO4/c1-21-17(20)18-15(14-10-6-3-7-11-14)16(19)22-12-13-8-4-2-5-9-13/h2-11H,12H2,1H3/b18-15+. The van der Waals surface area contributed by atoms with Crippen LogP contribution in [0.25, 0.3) is 0 Å². The van der Waals surface area contributed by atoms with Crippen molar-refractivity contribution in [2.75, 3.05) is 7.11 Å². The van der Waals surface area contributed by atoms with Gasteiger partial charge in [-0.15, -0.1) is 0 Å². The van der Waals surface area contributed by atoms with E-state index in [2.05, 4.69) is 9.73 Å². The summed E-state index contributed by atoms with van der Waals surface area (Å²) in [5.41, 5.74) is 1.26. The van der Waals surface area contributed by atoms with Crippen molar-refractivity contribution in [2.45, 2.75) is 6.61 Å². The third kappa shape index (κ3) is 4.28. The first-order chi connectivity index (χ1) is 10.7. The average molecular weight is 297 g/mol. The fourth-order valence-corrected chi connectivity index (χ4v) is 1.75. The normalized spacial score (nSPS) is 10.9. The van der Waals surface area contributed by atoms with E-state index in [9.17, 15) is 9.59 Å². The van der Waals surface area contributed by atoms with E-state index in [4.69, 9.17) is 4.74 Å². The van der Waals surface area contributed by atoms with E-state index < -0.39 is 12.1 Å². The summed E-state index contributed by atoms with van der Waals surface area (Å²) in [7, 11) is 1.20. The number of esters is 1. The highest BCUT2D eigenvalue weighted by Gasteiger charge is 2.17. The Kier molecular flexibility index (Phi) is 5.43. The number of benzene rings is 2. The number of amides is 1. The van der Waals surface area contributed by atoms with Crippen molar-refractivity contribution in [3.8, 4) is 0 Å². The highest BCUT2D eigenvalue weighted by Crippen LogP contribution is 2.07. The third-order valence-electron chi connectivity index (χ3n) is 2.83. The lowest BCUT2D eigenvalue weighted by Crippen LogP contribution is -2.20. The molecule has 0 aliphatic rings. The second-order valence-electron chi connectivity index (χ2n) is 4.36. The summed E-state index contributed by atoms with van der Waals surface area (Å²) in [4.78, 5) is 27.2. The molecule has 0 saturated carbocycles. The molecule has 0 saturated heterocycles. The van der Waals surface area contributed by atoms with E-state index in [0.717, 1.165) is 5.56 Å². The van der Waals surface area contributed by atoms with E-state index >= 15 is 0 Å². The number of hydrogen-bond acceptors (Lipinski definition) is 4. The van der Waals surface area contributed by atoms with Crippen LogP contribution in [0.1, 0.15) is 11.1 Å². The number of nitrogens with zero attached hydrogens (tertiary/aromatic N) is 1. The zero-order valence-electron chi connectivity index (χ0n) is 12.1. The molecule has 22 heavy (non-hydrogen) atoms. The maximum Gasteiger partial charge on any atom is 0.434 e.